The highest BCUT2D eigenvalue weighted by atomic mass is 16.5. The predicted octanol–water partition coefficient (Wildman–Crippen LogP) is 2.26. The fraction of sp³-hybridized carbons (Fsp3) is 0.286. The van der Waals surface area contributed by atoms with E-state index < -0.39 is 0 Å². The van der Waals surface area contributed by atoms with Crippen molar-refractivity contribution in [3.63, 3.8) is 0 Å². The summed E-state index contributed by atoms with van der Waals surface area (Å²) in [5.41, 5.74) is 8.38. The zero-order chi connectivity index (χ0) is 14.7. The van der Waals surface area contributed by atoms with E-state index in [1.54, 1.807) is 18.2 Å². The molecule has 106 valence electrons. The van der Waals surface area contributed by atoms with E-state index in [1.807, 2.05) is 20.8 Å². The van der Waals surface area contributed by atoms with Crippen LogP contribution in [0.15, 0.2) is 18.2 Å². The van der Waals surface area contributed by atoms with Gasteiger partial charge in [-0.15, -0.1) is 0 Å². The van der Waals surface area contributed by atoms with Crippen LogP contribution >= 0.6 is 0 Å². The molecule has 0 saturated carbocycles. The average molecular weight is 274 g/mol. The number of hydrogen-bond donors (Lipinski definition) is 3. The number of H-pyrrole nitrogens is 1. The Bertz CT molecular complexity index is 634. The lowest BCUT2D eigenvalue weighted by molar-refractivity contribution is 0.102. The number of nitrogens with one attached hydrogen (secondary N) is 2. The third-order valence-electron chi connectivity index (χ3n) is 3.07. The Labute approximate surface area is 117 Å². The van der Waals surface area contributed by atoms with Gasteiger partial charge in [0.25, 0.3) is 5.91 Å². The Balaban J connectivity index is 2.31. The van der Waals surface area contributed by atoms with Crippen LogP contribution in [-0.2, 0) is 0 Å². The smallest absolute Gasteiger partial charge is 0.262 e. The van der Waals surface area contributed by atoms with Crippen molar-refractivity contribution in [1.82, 2.24) is 10.2 Å². The van der Waals surface area contributed by atoms with E-state index in [2.05, 4.69) is 15.5 Å². The van der Waals surface area contributed by atoms with Gasteiger partial charge in [-0.1, -0.05) is 6.07 Å². The monoisotopic (exact) mass is 274 g/mol. The second-order valence-electron chi connectivity index (χ2n) is 4.43. The molecule has 1 aromatic carbocycles. The molecule has 20 heavy (non-hydrogen) atoms. The van der Waals surface area contributed by atoms with Gasteiger partial charge >= 0.3 is 0 Å². The van der Waals surface area contributed by atoms with Gasteiger partial charge in [-0.05, 0) is 32.9 Å². The van der Waals surface area contributed by atoms with Crippen LogP contribution in [0.1, 0.15) is 28.5 Å². The summed E-state index contributed by atoms with van der Waals surface area (Å²) >= 11 is 0. The molecule has 1 heterocycles. The minimum Gasteiger partial charge on any atom is -0.493 e. The maximum atomic E-state index is 12.4. The van der Waals surface area contributed by atoms with Gasteiger partial charge < -0.3 is 15.8 Å². The molecule has 0 atom stereocenters. The Morgan fingerprint density at radius 2 is 2.20 bits per heavy atom. The van der Waals surface area contributed by atoms with Crippen molar-refractivity contribution in [2.45, 2.75) is 20.8 Å². The summed E-state index contributed by atoms with van der Waals surface area (Å²) in [6, 6.07) is 5.14. The van der Waals surface area contributed by atoms with Gasteiger partial charge in [0.05, 0.1) is 6.61 Å². The van der Waals surface area contributed by atoms with E-state index in [1.165, 1.54) is 0 Å². The number of hydrogen-bond acceptors (Lipinski definition) is 4. The van der Waals surface area contributed by atoms with Gasteiger partial charge in [0.2, 0.25) is 0 Å². The Morgan fingerprint density at radius 1 is 1.45 bits per heavy atom. The standard InChI is InChI=1S/C14H18N4O2/c1-4-20-11-7-5-6-10(15)12(11)14(19)16-13-8(2)9(3)17-18-13/h5-7H,4,15H2,1-3H3,(H2,16,17,18,19). The number of aryl methyl sites for hydroxylation is 1. The van der Waals surface area contributed by atoms with E-state index in [0.717, 1.165) is 11.3 Å². The van der Waals surface area contributed by atoms with E-state index >= 15 is 0 Å². The van der Waals surface area contributed by atoms with Crippen molar-refractivity contribution in [1.29, 1.82) is 0 Å². The Hall–Kier alpha value is -2.50. The molecule has 2 aromatic rings. The summed E-state index contributed by atoms with van der Waals surface area (Å²) in [6.45, 7) is 6.09. The first kappa shape index (κ1) is 13.9. The van der Waals surface area contributed by atoms with Crippen LogP contribution in [0, 0.1) is 13.8 Å². The number of nitrogens with zero attached hydrogens (tertiary/aromatic N) is 1. The molecular weight excluding hydrogens is 256 g/mol. The fourth-order valence-electron chi connectivity index (χ4n) is 1.84. The first-order chi connectivity index (χ1) is 9.54. The predicted molar refractivity (Wildman–Crippen MR) is 78.0 cm³/mol. The molecule has 4 N–H and O–H groups in total. The molecular formula is C14H18N4O2. The van der Waals surface area contributed by atoms with Crippen molar-refractivity contribution in [2.24, 2.45) is 0 Å². The second kappa shape index (κ2) is 5.64. The molecule has 0 fully saturated rings. The minimum absolute atomic E-state index is 0.328. The summed E-state index contributed by atoms with van der Waals surface area (Å²) in [5, 5.41) is 9.61. The number of carbonyl (C=O) groups is 1. The third kappa shape index (κ3) is 2.59. The molecule has 0 aliphatic heterocycles. The number of nitrogens with two attached hydrogens (primary N) is 1. The number of aromatic nitrogens is 2. The zero-order valence-corrected chi connectivity index (χ0v) is 11.8. The summed E-state index contributed by atoms with van der Waals surface area (Å²) in [7, 11) is 0. The molecule has 6 nitrogen and oxygen atoms in total. The van der Waals surface area contributed by atoms with E-state index in [0.29, 0.717) is 29.4 Å². The van der Waals surface area contributed by atoms with E-state index in [9.17, 15) is 4.79 Å². The van der Waals surface area contributed by atoms with Crippen molar-refractivity contribution < 1.29 is 9.53 Å². The highest BCUT2D eigenvalue weighted by Crippen LogP contribution is 2.26. The number of amides is 1. The molecule has 2 rings (SSSR count). The molecule has 1 amide bonds. The summed E-state index contributed by atoms with van der Waals surface area (Å²) in [6.07, 6.45) is 0. The Morgan fingerprint density at radius 3 is 2.80 bits per heavy atom. The van der Waals surface area contributed by atoms with Gasteiger partial charge in [0, 0.05) is 16.9 Å². The Kier molecular flexibility index (Phi) is 3.93. The maximum Gasteiger partial charge on any atom is 0.262 e. The lowest BCUT2D eigenvalue weighted by Crippen LogP contribution is -2.16. The molecule has 6 heteroatoms. The van der Waals surface area contributed by atoms with Crippen LogP contribution in [0.3, 0.4) is 0 Å². The van der Waals surface area contributed by atoms with Gasteiger partial charge in [0.15, 0.2) is 5.82 Å². The normalized spacial score (nSPS) is 10.3. The number of benzene rings is 1. The van der Waals surface area contributed by atoms with E-state index in [4.69, 9.17) is 10.5 Å². The van der Waals surface area contributed by atoms with Crippen LogP contribution in [0.2, 0.25) is 0 Å². The molecule has 0 radical (unpaired) electrons. The number of rotatable bonds is 4. The second-order valence-corrected chi connectivity index (χ2v) is 4.43. The third-order valence-corrected chi connectivity index (χ3v) is 3.07. The highest BCUT2D eigenvalue weighted by Gasteiger charge is 2.18. The molecule has 0 saturated heterocycles. The van der Waals surface area contributed by atoms with Crippen LogP contribution in [0.5, 0.6) is 5.75 Å². The summed E-state index contributed by atoms with van der Waals surface area (Å²) in [4.78, 5) is 12.4. The fourth-order valence-corrected chi connectivity index (χ4v) is 1.84. The molecule has 0 aliphatic carbocycles. The lowest BCUT2D eigenvalue weighted by Gasteiger charge is -2.12. The summed E-state index contributed by atoms with van der Waals surface area (Å²) < 4.78 is 5.44. The van der Waals surface area contributed by atoms with E-state index in [-0.39, 0.29) is 5.91 Å². The van der Waals surface area contributed by atoms with Crippen molar-refractivity contribution in [2.75, 3.05) is 17.7 Å². The number of carbonyl (C=O) groups excluding carboxylic acids is 1. The average Bonchev–Trinajstić information content (AvgIpc) is 2.71. The van der Waals surface area contributed by atoms with Gasteiger partial charge in [-0.3, -0.25) is 9.89 Å². The van der Waals surface area contributed by atoms with Crippen LogP contribution < -0.4 is 15.8 Å². The number of aromatic amines is 1. The zero-order valence-electron chi connectivity index (χ0n) is 11.8. The SMILES string of the molecule is CCOc1cccc(N)c1C(=O)Nc1n[nH]c(C)c1C. The van der Waals surface area contributed by atoms with Gasteiger partial charge in [0.1, 0.15) is 11.3 Å². The minimum atomic E-state index is -0.332. The van der Waals surface area contributed by atoms with Crippen molar-refractivity contribution in [3.05, 3.63) is 35.0 Å². The molecule has 1 aromatic heterocycles. The number of nitrogen functional groups attached to an aromatic ring is 1. The van der Waals surface area contributed by atoms with Gasteiger partial charge in [-0.2, -0.15) is 5.10 Å². The number of anilines is 2. The molecule has 0 aliphatic rings. The van der Waals surface area contributed by atoms with Crippen molar-refractivity contribution in [3.8, 4) is 5.75 Å². The van der Waals surface area contributed by atoms with Crippen LogP contribution in [0.25, 0.3) is 0 Å². The quantitative estimate of drug-likeness (QED) is 0.745. The first-order valence-corrected chi connectivity index (χ1v) is 6.38. The summed E-state index contributed by atoms with van der Waals surface area (Å²) in [5.74, 6) is 0.634. The highest BCUT2D eigenvalue weighted by molar-refractivity contribution is 6.09. The van der Waals surface area contributed by atoms with Gasteiger partial charge in [-0.25, -0.2) is 0 Å². The largest absolute Gasteiger partial charge is 0.493 e. The van der Waals surface area contributed by atoms with Crippen LogP contribution in [0.4, 0.5) is 11.5 Å². The number of ether oxygens (including phenoxy) is 1. The molecule has 0 bridgehead atoms. The van der Waals surface area contributed by atoms with Crippen LogP contribution in [-0.4, -0.2) is 22.7 Å². The van der Waals surface area contributed by atoms with Crippen molar-refractivity contribution >= 4 is 17.4 Å². The topological polar surface area (TPSA) is 93.0 Å². The lowest BCUT2D eigenvalue weighted by atomic mass is 10.1. The maximum absolute atomic E-state index is 12.4. The molecule has 0 spiro atoms. The molecule has 0 unspecified atom stereocenters. The first-order valence-electron chi connectivity index (χ1n) is 6.38.